The number of phenols is 1. The van der Waals surface area contributed by atoms with Crippen molar-refractivity contribution in [3.8, 4) is 11.5 Å². The van der Waals surface area contributed by atoms with Gasteiger partial charge in [-0.3, -0.25) is 0 Å². The molecule has 0 radical (unpaired) electrons. The number of aromatic hydroxyl groups is 1. The summed E-state index contributed by atoms with van der Waals surface area (Å²) in [7, 11) is 1.52. The second-order valence-corrected chi connectivity index (χ2v) is 4.89. The van der Waals surface area contributed by atoms with Crippen LogP contribution < -0.4 is 9.64 Å². The fourth-order valence-electron chi connectivity index (χ4n) is 2.12. The number of phenolic OH excluding ortho intramolecular Hbond substituents is 1. The highest BCUT2D eigenvalue weighted by molar-refractivity contribution is 6.32. The Labute approximate surface area is 124 Å². The first-order valence-electron chi connectivity index (χ1n) is 6.51. The first-order valence-corrected chi connectivity index (χ1v) is 6.89. The minimum atomic E-state index is -0.0133. The molecule has 0 saturated carbocycles. The van der Waals surface area contributed by atoms with Gasteiger partial charge in [0.2, 0.25) is 0 Å². The van der Waals surface area contributed by atoms with Crippen LogP contribution in [0.25, 0.3) is 0 Å². The Balaban J connectivity index is 2.26. The number of para-hydroxylation sites is 1. The van der Waals surface area contributed by atoms with Gasteiger partial charge in [0, 0.05) is 18.8 Å². The number of benzene rings is 2. The first kappa shape index (κ1) is 14.5. The number of hydrogen-bond donors (Lipinski definition) is 1. The number of ether oxygens (including phenoxy) is 1. The van der Waals surface area contributed by atoms with Gasteiger partial charge in [0.1, 0.15) is 0 Å². The van der Waals surface area contributed by atoms with E-state index in [-0.39, 0.29) is 5.75 Å². The Morgan fingerprint density at radius 1 is 1.20 bits per heavy atom. The first-order chi connectivity index (χ1) is 9.65. The third-order valence-corrected chi connectivity index (χ3v) is 3.47. The van der Waals surface area contributed by atoms with E-state index in [2.05, 4.69) is 24.0 Å². The van der Waals surface area contributed by atoms with E-state index in [1.54, 1.807) is 6.07 Å². The SMILES string of the molecule is CCN(Cc1cc(Cl)c(O)c(OC)c1)c1ccccc1. The average molecular weight is 292 g/mol. The van der Waals surface area contributed by atoms with Gasteiger partial charge in [-0.15, -0.1) is 0 Å². The van der Waals surface area contributed by atoms with Crippen LogP contribution in [-0.4, -0.2) is 18.8 Å². The van der Waals surface area contributed by atoms with Gasteiger partial charge in [-0.25, -0.2) is 0 Å². The Hall–Kier alpha value is -1.87. The van der Waals surface area contributed by atoms with Crippen LogP contribution in [0.5, 0.6) is 11.5 Å². The topological polar surface area (TPSA) is 32.7 Å². The number of methoxy groups -OCH3 is 1. The van der Waals surface area contributed by atoms with Crippen molar-refractivity contribution in [2.45, 2.75) is 13.5 Å². The molecule has 0 saturated heterocycles. The molecule has 20 heavy (non-hydrogen) atoms. The number of halogens is 1. The van der Waals surface area contributed by atoms with Crippen molar-refractivity contribution in [1.29, 1.82) is 0 Å². The lowest BCUT2D eigenvalue weighted by Crippen LogP contribution is -2.21. The predicted molar refractivity (Wildman–Crippen MR) is 82.8 cm³/mol. The largest absolute Gasteiger partial charge is 0.503 e. The van der Waals surface area contributed by atoms with E-state index >= 15 is 0 Å². The summed E-state index contributed by atoms with van der Waals surface area (Å²) in [4.78, 5) is 2.22. The summed E-state index contributed by atoms with van der Waals surface area (Å²) >= 11 is 6.02. The van der Waals surface area contributed by atoms with Crippen LogP contribution in [0.2, 0.25) is 5.02 Å². The minimum absolute atomic E-state index is 0.0133. The van der Waals surface area contributed by atoms with Gasteiger partial charge < -0.3 is 14.7 Å². The summed E-state index contributed by atoms with van der Waals surface area (Å²) in [5.41, 5.74) is 2.15. The lowest BCUT2D eigenvalue weighted by atomic mass is 10.1. The monoisotopic (exact) mass is 291 g/mol. The van der Waals surface area contributed by atoms with Gasteiger partial charge >= 0.3 is 0 Å². The highest BCUT2D eigenvalue weighted by Crippen LogP contribution is 2.35. The Morgan fingerprint density at radius 3 is 2.50 bits per heavy atom. The minimum Gasteiger partial charge on any atom is -0.503 e. The van der Waals surface area contributed by atoms with E-state index in [4.69, 9.17) is 16.3 Å². The molecule has 0 bridgehead atoms. The van der Waals surface area contributed by atoms with Crippen LogP contribution in [-0.2, 0) is 6.54 Å². The quantitative estimate of drug-likeness (QED) is 0.901. The van der Waals surface area contributed by atoms with Gasteiger partial charge in [0.25, 0.3) is 0 Å². The lowest BCUT2D eigenvalue weighted by molar-refractivity contribution is 0.373. The number of anilines is 1. The van der Waals surface area contributed by atoms with E-state index in [1.807, 2.05) is 24.3 Å². The molecule has 0 aliphatic rings. The summed E-state index contributed by atoms with van der Waals surface area (Å²) in [6.45, 7) is 3.69. The summed E-state index contributed by atoms with van der Waals surface area (Å²) in [5.74, 6) is 0.386. The molecule has 2 aromatic rings. The Bertz CT molecular complexity index is 572. The van der Waals surface area contributed by atoms with E-state index in [0.29, 0.717) is 17.3 Å². The van der Waals surface area contributed by atoms with Gasteiger partial charge in [0.05, 0.1) is 12.1 Å². The average Bonchev–Trinajstić information content (AvgIpc) is 2.49. The maximum Gasteiger partial charge on any atom is 0.176 e. The zero-order chi connectivity index (χ0) is 14.5. The molecule has 0 spiro atoms. The van der Waals surface area contributed by atoms with Crippen LogP contribution in [0.3, 0.4) is 0 Å². The summed E-state index contributed by atoms with van der Waals surface area (Å²) in [5, 5.41) is 10.1. The van der Waals surface area contributed by atoms with Crippen molar-refractivity contribution in [2.24, 2.45) is 0 Å². The van der Waals surface area contributed by atoms with Crippen molar-refractivity contribution in [2.75, 3.05) is 18.6 Å². The van der Waals surface area contributed by atoms with Crippen LogP contribution >= 0.6 is 11.6 Å². The van der Waals surface area contributed by atoms with Crippen molar-refractivity contribution in [3.05, 3.63) is 53.1 Å². The van der Waals surface area contributed by atoms with E-state index in [9.17, 15) is 5.11 Å². The molecule has 106 valence electrons. The van der Waals surface area contributed by atoms with E-state index in [0.717, 1.165) is 17.8 Å². The molecule has 1 N–H and O–H groups in total. The van der Waals surface area contributed by atoms with Gasteiger partial charge in [0.15, 0.2) is 11.5 Å². The second-order valence-electron chi connectivity index (χ2n) is 4.48. The summed E-state index contributed by atoms with van der Waals surface area (Å²) < 4.78 is 5.13. The Morgan fingerprint density at radius 2 is 1.90 bits per heavy atom. The van der Waals surface area contributed by atoms with Crippen molar-refractivity contribution in [3.63, 3.8) is 0 Å². The maximum absolute atomic E-state index is 9.76. The molecule has 2 aromatic carbocycles. The lowest BCUT2D eigenvalue weighted by Gasteiger charge is -2.23. The molecule has 0 aliphatic heterocycles. The number of rotatable bonds is 5. The fourth-order valence-corrected chi connectivity index (χ4v) is 2.35. The molecule has 0 heterocycles. The standard InChI is InChI=1S/C16H18ClNO2/c1-3-18(13-7-5-4-6-8-13)11-12-9-14(17)16(19)15(10-12)20-2/h4-10,19H,3,11H2,1-2H3. The predicted octanol–water partition coefficient (Wildman–Crippen LogP) is 4.08. The van der Waals surface area contributed by atoms with E-state index in [1.165, 1.54) is 7.11 Å². The normalized spacial score (nSPS) is 10.3. The molecule has 0 unspecified atom stereocenters. The van der Waals surface area contributed by atoms with Crippen molar-refractivity contribution >= 4 is 17.3 Å². The molecular formula is C16H18ClNO2. The molecule has 2 rings (SSSR count). The second kappa shape index (κ2) is 6.53. The molecule has 0 fully saturated rings. The fraction of sp³-hybridized carbons (Fsp3) is 0.250. The summed E-state index contributed by atoms with van der Waals surface area (Å²) in [6.07, 6.45) is 0. The smallest absolute Gasteiger partial charge is 0.176 e. The summed E-state index contributed by atoms with van der Waals surface area (Å²) in [6, 6.07) is 13.8. The number of nitrogens with zero attached hydrogens (tertiary/aromatic N) is 1. The third kappa shape index (κ3) is 3.17. The highest BCUT2D eigenvalue weighted by Gasteiger charge is 2.11. The van der Waals surface area contributed by atoms with Crippen LogP contribution in [0.1, 0.15) is 12.5 Å². The van der Waals surface area contributed by atoms with Crippen LogP contribution in [0.15, 0.2) is 42.5 Å². The molecule has 0 atom stereocenters. The van der Waals surface area contributed by atoms with E-state index < -0.39 is 0 Å². The third-order valence-electron chi connectivity index (χ3n) is 3.18. The van der Waals surface area contributed by atoms with Crippen molar-refractivity contribution in [1.82, 2.24) is 0 Å². The maximum atomic E-state index is 9.76. The van der Waals surface area contributed by atoms with Crippen LogP contribution in [0, 0.1) is 0 Å². The zero-order valence-corrected chi connectivity index (χ0v) is 12.4. The van der Waals surface area contributed by atoms with Gasteiger partial charge in [-0.05, 0) is 36.8 Å². The molecule has 0 amide bonds. The van der Waals surface area contributed by atoms with Gasteiger partial charge in [-0.2, -0.15) is 0 Å². The molecule has 3 nitrogen and oxygen atoms in total. The molecule has 0 aliphatic carbocycles. The molecular weight excluding hydrogens is 274 g/mol. The highest BCUT2D eigenvalue weighted by atomic mass is 35.5. The molecule has 4 heteroatoms. The van der Waals surface area contributed by atoms with Gasteiger partial charge in [-0.1, -0.05) is 29.8 Å². The number of hydrogen-bond acceptors (Lipinski definition) is 3. The Kier molecular flexibility index (Phi) is 4.74. The van der Waals surface area contributed by atoms with Crippen molar-refractivity contribution < 1.29 is 9.84 Å². The zero-order valence-electron chi connectivity index (χ0n) is 11.6. The molecule has 0 aromatic heterocycles. The van der Waals surface area contributed by atoms with Crippen LogP contribution in [0.4, 0.5) is 5.69 Å².